The van der Waals surface area contributed by atoms with Gasteiger partial charge in [0.15, 0.2) is 0 Å². The molecule has 2 aliphatic rings. The standard InChI is InChI=1S/C15H22O3/c1-9-5-4-6-10(14(17)18)7-12(16)13-11(9)8-15(13,2)3/h6,11-13,16H,1,4-5,7-8H2,2-3H3,(H,17,18)/b10-6+/t11?,12-,13?/m0/s1. The molecule has 0 aromatic heterocycles. The second-order valence-electron chi connectivity index (χ2n) is 6.33. The highest BCUT2D eigenvalue weighted by molar-refractivity contribution is 5.86. The van der Waals surface area contributed by atoms with E-state index in [9.17, 15) is 9.90 Å². The van der Waals surface area contributed by atoms with Gasteiger partial charge >= 0.3 is 5.97 Å². The molecule has 0 amide bonds. The van der Waals surface area contributed by atoms with Gasteiger partial charge in [-0.3, -0.25) is 0 Å². The largest absolute Gasteiger partial charge is 0.478 e. The number of allylic oxidation sites excluding steroid dienone is 2. The first-order valence-corrected chi connectivity index (χ1v) is 6.61. The second kappa shape index (κ2) is 4.54. The molecule has 0 radical (unpaired) electrons. The minimum absolute atomic E-state index is 0.0843. The number of rotatable bonds is 1. The number of carboxylic acids is 1. The quantitative estimate of drug-likeness (QED) is 0.703. The van der Waals surface area contributed by atoms with Gasteiger partial charge in [0, 0.05) is 12.0 Å². The Labute approximate surface area is 108 Å². The van der Waals surface area contributed by atoms with E-state index >= 15 is 0 Å². The van der Waals surface area contributed by atoms with Crippen LogP contribution in [0.15, 0.2) is 23.8 Å². The van der Waals surface area contributed by atoms with E-state index in [1.54, 1.807) is 6.08 Å². The van der Waals surface area contributed by atoms with Crippen molar-refractivity contribution >= 4 is 5.97 Å². The highest BCUT2D eigenvalue weighted by atomic mass is 16.4. The molecule has 100 valence electrons. The molecule has 0 aliphatic heterocycles. The van der Waals surface area contributed by atoms with Gasteiger partial charge in [-0.1, -0.05) is 32.1 Å². The summed E-state index contributed by atoms with van der Waals surface area (Å²) in [7, 11) is 0. The Balaban J connectivity index is 2.25. The van der Waals surface area contributed by atoms with Gasteiger partial charge in [0.25, 0.3) is 0 Å². The zero-order valence-corrected chi connectivity index (χ0v) is 11.1. The summed E-state index contributed by atoms with van der Waals surface area (Å²) in [5.41, 5.74) is 1.60. The van der Waals surface area contributed by atoms with Gasteiger partial charge < -0.3 is 10.2 Å². The van der Waals surface area contributed by atoms with E-state index in [0.29, 0.717) is 11.5 Å². The SMILES string of the molecule is C=C1CC/C=C(/C(=O)O)C[C@H](O)C2C1CC2(C)C. The molecule has 2 rings (SSSR count). The van der Waals surface area contributed by atoms with E-state index in [2.05, 4.69) is 20.4 Å². The van der Waals surface area contributed by atoms with E-state index in [4.69, 9.17) is 5.11 Å². The first kappa shape index (κ1) is 13.3. The Bertz CT molecular complexity index is 406. The maximum atomic E-state index is 11.1. The van der Waals surface area contributed by atoms with Crippen LogP contribution in [0.5, 0.6) is 0 Å². The van der Waals surface area contributed by atoms with Gasteiger partial charge in [0.05, 0.1) is 6.10 Å². The average molecular weight is 250 g/mol. The van der Waals surface area contributed by atoms with Gasteiger partial charge in [-0.25, -0.2) is 4.79 Å². The summed E-state index contributed by atoms with van der Waals surface area (Å²) in [6.45, 7) is 8.41. The first-order chi connectivity index (χ1) is 8.33. The van der Waals surface area contributed by atoms with Crippen molar-refractivity contribution in [2.75, 3.05) is 0 Å². The lowest BCUT2D eigenvalue weighted by Gasteiger charge is -2.54. The Morgan fingerprint density at radius 2 is 2.17 bits per heavy atom. The molecule has 0 aromatic carbocycles. The van der Waals surface area contributed by atoms with Crippen molar-refractivity contribution in [3.05, 3.63) is 23.8 Å². The number of aliphatic hydroxyl groups is 1. The molecule has 3 atom stereocenters. The summed E-state index contributed by atoms with van der Waals surface area (Å²) in [5, 5.41) is 19.5. The normalized spacial score (nSPS) is 38.3. The first-order valence-electron chi connectivity index (χ1n) is 6.61. The van der Waals surface area contributed by atoms with Crippen LogP contribution in [0.4, 0.5) is 0 Å². The van der Waals surface area contributed by atoms with Crippen LogP contribution in [0, 0.1) is 17.3 Å². The summed E-state index contributed by atoms with van der Waals surface area (Å²) < 4.78 is 0. The van der Waals surface area contributed by atoms with Gasteiger partial charge in [-0.05, 0) is 36.5 Å². The molecule has 2 unspecified atom stereocenters. The minimum Gasteiger partial charge on any atom is -0.478 e. The molecule has 0 heterocycles. The van der Waals surface area contributed by atoms with Crippen LogP contribution >= 0.6 is 0 Å². The maximum absolute atomic E-state index is 11.1. The van der Waals surface area contributed by atoms with E-state index in [-0.39, 0.29) is 17.8 Å². The van der Waals surface area contributed by atoms with Crippen molar-refractivity contribution in [2.45, 2.75) is 45.6 Å². The van der Waals surface area contributed by atoms with Crippen molar-refractivity contribution in [3.63, 3.8) is 0 Å². The molecule has 0 aromatic rings. The zero-order valence-electron chi connectivity index (χ0n) is 11.1. The number of aliphatic carboxylic acids is 1. The van der Waals surface area contributed by atoms with Crippen molar-refractivity contribution in [1.29, 1.82) is 0 Å². The smallest absolute Gasteiger partial charge is 0.331 e. The number of carbonyl (C=O) groups is 1. The molecule has 2 N–H and O–H groups in total. The molecule has 0 spiro atoms. The van der Waals surface area contributed by atoms with E-state index in [1.807, 2.05) is 0 Å². The lowest BCUT2D eigenvalue weighted by atomic mass is 9.51. The summed E-state index contributed by atoms with van der Waals surface area (Å²) in [4.78, 5) is 11.1. The molecule has 1 fully saturated rings. The fraction of sp³-hybridized carbons (Fsp3) is 0.667. The number of hydrogen-bond acceptors (Lipinski definition) is 2. The van der Waals surface area contributed by atoms with Crippen LogP contribution in [-0.4, -0.2) is 22.3 Å². The molecule has 1 saturated carbocycles. The fourth-order valence-electron chi connectivity index (χ4n) is 3.63. The molecule has 3 nitrogen and oxygen atoms in total. The monoisotopic (exact) mass is 250 g/mol. The summed E-state index contributed by atoms with van der Waals surface area (Å²) in [6, 6.07) is 0. The molecular weight excluding hydrogens is 228 g/mol. The Morgan fingerprint density at radius 3 is 2.72 bits per heavy atom. The maximum Gasteiger partial charge on any atom is 0.331 e. The molecule has 0 saturated heterocycles. The molecule has 0 bridgehead atoms. The third-order valence-corrected chi connectivity index (χ3v) is 4.58. The summed E-state index contributed by atoms with van der Waals surface area (Å²) in [5.74, 6) is -0.405. The predicted molar refractivity (Wildman–Crippen MR) is 70.1 cm³/mol. The third-order valence-electron chi connectivity index (χ3n) is 4.58. The Morgan fingerprint density at radius 1 is 1.50 bits per heavy atom. The van der Waals surface area contributed by atoms with Gasteiger partial charge in [-0.2, -0.15) is 0 Å². The lowest BCUT2D eigenvalue weighted by Crippen LogP contribution is -2.51. The van der Waals surface area contributed by atoms with Crippen molar-refractivity contribution < 1.29 is 15.0 Å². The van der Waals surface area contributed by atoms with E-state index in [0.717, 1.165) is 19.3 Å². The summed E-state index contributed by atoms with van der Waals surface area (Å²) in [6.07, 6.45) is 4.03. The van der Waals surface area contributed by atoms with Crippen LogP contribution in [-0.2, 0) is 4.79 Å². The highest BCUT2D eigenvalue weighted by Gasteiger charge is 2.51. The van der Waals surface area contributed by atoms with Crippen LogP contribution in [0.2, 0.25) is 0 Å². The molecular formula is C15H22O3. The lowest BCUT2D eigenvalue weighted by molar-refractivity contribution is -0.134. The van der Waals surface area contributed by atoms with Gasteiger partial charge in [0.2, 0.25) is 0 Å². The van der Waals surface area contributed by atoms with Gasteiger partial charge in [-0.15, -0.1) is 0 Å². The van der Waals surface area contributed by atoms with Crippen LogP contribution in [0.1, 0.15) is 39.5 Å². The average Bonchev–Trinajstić information content (AvgIpc) is 2.27. The number of hydrogen-bond donors (Lipinski definition) is 2. The predicted octanol–water partition coefficient (Wildman–Crippen LogP) is 2.76. The molecule has 2 aliphatic carbocycles. The molecule has 18 heavy (non-hydrogen) atoms. The van der Waals surface area contributed by atoms with Crippen molar-refractivity contribution in [2.24, 2.45) is 17.3 Å². The van der Waals surface area contributed by atoms with Gasteiger partial charge in [0.1, 0.15) is 0 Å². The zero-order chi connectivity index (χ0) is 13.5. The third kappa shape index (κ3) is 2.24. The number of aliphatic hydroxyl groups excluding tert-OH is 1. The number of fused-ring (bicyclic) bond motifs is 1. The van der Waals surface area contributed by atoms with E-state index in [1.165, 1.54) is 5.57 Å². The van der Waals surface area contributed by atoms with Crippen molar-refractivity contribution in [3.8, 4) is 0 Å². The topological polar surface area (TPSA) is 57.5 Å². The van der Waals surface area contributed by atoms with Crippen molar-refractivity contribution in [1.82, 2.24) is 0 Å². The Hall–Kier alpha value is -1.09. The fourth-order valence-corrected chi connectivity index (χ4v) is 3.63. The number of carboxylic acid groups (broad SMARTS) is 1. The minimum atomic E-state index is -0.907. The van der Waals surface area contributed by atoms with E-state index < -0.39 is 12.1 Å². The van der Waals surface area contributed by atoms with Crippen LogP contribution < -0.4 is 0 Å². The molecule has 3 heteroatoms. The van der Waals surface area contributed by atoms with Crippen LogP contribution in [0.25, 0.3) is 0 Å². The second-order valence-corrected chi connectivity index (χ2v) is 6.33. The highest BCUT2D eigenvalue weighted by Crippen LogP contribution is 2.56. The van der Waals surface area contributed by atoms with Crippen LogP contribution in [0.3, 0.4) is 0 Å². The summed E-state index contributed by atoms with van der Waals surface area (Å²) >= 11 is 0. The Kier molecular flexibility index (Phi) is 3.37.